The van der Waals surface area contributed by atoms with Crippen molar-refractivity contribution in [1.82, 2.24) is 9.55 Å². The fourth-order valence-corrected chi connectivity index (χ4v) is 5.40. The van der Waals surface area contributed by atoms with Gasteiger partial charge < -0.3 is 49.9 Å². The van der Waals surface area contributed by atoms with Crippen LogP contribution in [0.25, 0.3) is 0 Å². The van der Waals surface area contributed by atoms with Crippen molar-refractivity contribution in [3.8, 4) is 0 Å². The summed E-state index contributed by atoms with van der Waals surface area (Å²) in [6.45, 7) is 0.269. The van der Waals surface area contributed by atoms with Gasteiger partial charge in [-0.2, -0.15) is 0 Å². The van der Waals surface area contributed by atoms with E-state index in [4.69, 9.17) is 15.2 Å². The normalized spacial score (nSPS) is 37.0. The molecule has 3 rings (SSSR count). The van der Waals surface area contributed by atoms with E-state index >= 15 is 0 Å². The molecule has 200 valence electrons. The molecular formula is C15H23N3Na2O15P2. The smallest absolute Gasteiger partial charge is 0.756 e. The Hall–Kier alpha value is 0.660. The molecule has 2 fully saturated rings. The standard InChI is InChI=1S/C15H25N3O15P2.2Na/c1-5-8(16)10(21)12(23)14(30-5)32-35(27,28)33-34(25,26)29-4-6-9(20)11(22)13(31-6)18-3-2-7(19)17-15(18)24;;/h2-3,5-6,8-14,20-23H,4,16H2,1H3,(H,25,26)(H,27,28)(H,17,19,24);;/q;2*+1/p-2. The molecule has 2 aliphatic rings. The fraction of sp³-hybridized carbons (Fsp3) is 0.733. The number of H-pyrrole nitrogens is 1. The number of hydrogen-bond acceptors (Lipinski definition) is 16. The average molecular weight is 593 g/mol. The predicted octanol–water partition coefficient (Wildman–Crippen LogP) is -11.1. The van der Waals surface area contributed by atoms with Crippen LogP contribution in [0.5, 0.6) is 0 Å². The van der Waals surface area contributed by atoms with Crippen molar-refractivity contribution in [2.75, 3.05) is 6.61 Å². The second kappa shape index (κ2) is 14.0. The number of nitrogens with one attached hydrogen (secondary N) is 1. The molecule has 11 atom stereocenters. The Morgan fingerprint density at radius 2 is 1.68 bits per heavy atom. The van der Waals surface area contributed by atoms with Crippen molar-refractivity contribution in [3.63, 3.8) is 0 Å². The number of aliphatic hydroxyl groups excluding tert-OH is 4. The Kier molecular flexibility index (Phi) is 13.5. The minimum absolute atomic E-state index is 0. The van der Waals surface area contributed by atoms with Gasteiger partial charge in [0.05, 0.1) is 18.8 Å². The molecule has 7 N–H and O–H groups in total. The summed E-state index contributed by atoms with van der Waals surface area (Å²) in [5.74, 6) is 0. The SMILES string of the molecule is CC1OC(OP(=O)([O-])OP(=O)([O-])OCC2OC(n3ccc(=O)[nH]c3=O)C(O)C2O)C(O)C(O)C1N.[Na+].[Na+]. The molecule has 2 saturated heterocycles. The zero-order valence-electron chi connectivity index (χ0n) is 19.8. The maximum absolute atomic E-state index is 12.0. The first kappa shape index (κ1) is 35.7. The summed E-state index contributed by atoms with van der Waals surface area (Å²) in [6, 6.07) is -0.158. The Morgan fingerprint density at radius 3 is 2.27 bits per heavy atom. The van der Waals surface area contributed by atoms with Crippen LogP contribution in [0, 0.1) is 0 Å². The third-order valence-corrected chi connectivity index (χ3v) is 7.74. The first-order valence-corrected chi connectivity index (χ1v) is 12.8. The second-order valence-electron chi connectivity index (χ2n) is 7.71. The van der Waals surface area contributed by atoms with Crippen LogP contribution in [0.3, 0.4) is 0 Å². The molecule has 0 bridgehead atoms. The van der Waals surface area contributed by atoms with Crippen LogP contribution in [-0.4, -0.2) is 85.5 Å². The Labute approximate surface area is 252 Å². The third kappa shape index (κ3) is 8.82. The van der Waals surface area contributed by atoms with Crippen molar-refractivity contribution in [2.45, 2.75) is 62.1 Å². The molecule has 0 saturated carbocycles. The molecule has 18 nitrogen and oxygen atoms in total. The van der Waals surface area contributed by atoms with E-state index in [2.05, 4.69) is 13.4 Å². The molecule has 22 heteroatoms. The molecular weight excluding hydrogens is 570 g/mol. The quantitative estimate of drug-likeness (QED) is 0.120. The molecule has 1 aromatic rings. The van der Waals surface area contributed by atoms with Crippen LogP contribution in [0.1, 0.15) is 13.2 Å². The number of nitrogens with two attached hydrogens (primary N) is 1. The molecule has 0 aromatic carbocycles. The van der Waals surface area contributed by atoms with E-state index in [0.717, 1.165) is 16.8 Å². The summed E-state index contributed by atoms with van der Waals surface area (Å²) in [6.07, 6.45) is -12.4. The van der Waals surface area contributed by atoms with Crippen LogP contribution < -0.4 is 85.9 Å². The molecule has 0 spiro atoms. The molecule has 0 radical (unpaired) electrons. The predicted molar refractivity (Wildman–Crippen MR) is 105 cm³/mol. The monoisotopic (exact) mass is 593 g/mol. The van der Waals surface area contributed by atoms with Gasteiger partial charge in [-0.15, -0.1) is 0 Å². The van der Waals surface area contributed by atoms with E-state index in [1.807, 2.05) is 4.98 Å². The summed E-state index contributed by atoms with van der Waals surface area (Å²) < 4.78 is 47.6. The number of phosphoric ester groups is 2. The Morgan fingerprint density at radius 1 is 1.05 bits per heavy atom. The number of phosphoric acid groups is 2. The fourth-order valence-electron chi connectivity index (χ4n) is 3.32. The zero-order valence-corrected chi connectivity index (χ0v) is 25.5. The third-order valence-electron chi connectivity index (χ3n) is 5.21. The van der Waals surface area contributed by atoms with E-state index in [9.17, 15) is 48.9 Å². The van der Waals surface area contributed by atoms with Gasteiger partial charge in [0.1, 0.15) is 30.5 Å². The van der Waals surface area contributed by atoms with Crippen LogP contribution in [-0.2, 0) is 32.0 Å². The van der Waals surface area contributed by atoms with E-state index in [-0.39, 0.29) is 59.1 Å². The van der Waals surface area contributed by atoms with Gasteiger partial charge in [0.25, 0.3) is 21.2 Å². The Balaban J connectivity index is 0.00000342. The van der Waals surface area contributed by atoms with Crippen molar-refractivity contribution >= 4 is 15.6 Å². The first-order valence-electron chi connectivity index (χ1n) is 9.88. The molecule has 0 aliphatic carbocycles. The average Bonchev–Trinajstić information content (AvgIpc) is 3.02. The van der Waals surface area contributed by atoms with Crippen LogP contribution in [0.4, 0.5) is 0 Å². The number of hydrogen-bond donors (Lipinski definition) is 6. The van der Waals surface area contributed by atoms with Crippen molar-refractivity contribution in [2.24, 2.45) is 5.73 Å². The molecule has 0 amide bonds. The number of rotatable bonds is 8. The summed E-state index contributed by atoms with van der Waals surface area (Å²) in [4.78, 5) is 48.9. The number of aromatic nitrogens is 2. The number of aliphatic hydroxyl groups is 4. The van der Waals surface area contributed by atoms with E-state index < -0.39 is 88.7 Å². The van der Waals surface area contributed by atoms with Gasteiger partial charge in [-0.1, -0.05) is 0 Å². The summed E-state index contributed by atoms with van der Waals surface area (Å²) >= 11 is 0. The number of nitrogens with zero attached hydrogens (tertiary/aromatic N) is 1. The van der Waals surface area contributed by atoms with Crippen molar-refractivity contribution < 1.29 is 121 Å². The maximum atomic E-state index is 12.0. The van der Waals surface area contributed by atoms with Crippen LogP contribution in [0.15, 0.2) is 21.9 Å². The van der Waals surface area contributed by atoms with Crippen molar-refractivity contribution in [1.29, 1.82) is 0 Å². The molecule has 37 heavy (non-hydrogen) atoms. The number of aromatic amines is 1. The van der Waals surface area contributed by atoms with Crippen LogP contribution in [0.2, 0.25) is 0 Å². The van der Waals surface area contributed by atoms with Crippen molar-refractivity contribution in [3.05, 3.63) is 33.1 Å². The summed E-state index contributed by atoms with van der Waals surface area (Å²) in [7, 11) is -11.5. The van der Waals surface area contributed by atoms with Gasteiger partial charge in [0.2, 0.25) is 0 Å². The molecule has 1 aromatic heterocycles. The molecule has 3 heterocycles. The molecule has 2 aliphatic heterocycles. The topological polar surface area (TPSA) is 288 Å². The van der Waals surface area contributed by atoms with E-state index in [0.29, 0.717) is 0 Å². The Bertz CT molecular complexity index is 1120. The van der Waals surface area contributed by atoms with Gasteiger partial charge in [0.15, 0.2) is 12.5 Å². The minimum Gasteiger partial charge on any atom is -0.756 e. The van der Waals surface area contributed by atoms with E-state index in [1.165, 1.54) is 6.92 Å². The van der Waals surface area contributed by atoms with Gasteiger partial charge >= 0.3 is 64.8 Å². The minimum atomic E-state index is -5.77. The summed E-state index contributed by atoms with van der Waals surface area (Å²) in [5, 5.41) is 39.9. The molecule has 11 unspecified atom stereocenters. The van der Waals surface area contributed by atoms with Gasteiger partial charge in [0, 0.05) is 12.3 Å². The summed E-state index contributed by atoms with van der Waals surface area (Å²) in [5.41, 5.74) is 3.81. The first-order chi connectivity index (χ1) is 16.1. The van der Waals surface area contributed by atoms with Crippen LogP contribution >= 0.6 is 15.6 Å². The second-order valence-corrected chi connectivity index (χ2v) is 10.6. The van der Waals surface area contributed by atoms with Gasteiger partial charge in [-0.3, -0.25) is 28.0 Å². The number of ether oxygens (including phenoxy) is 2. The van der Waals surface area contributed by atoms with Gasteiger partial charge in [-0.25, -0.2) is 9.11 Å². The van der Waals surface area contributed by atoms with E-state index in [1.54, 1.807) is 0 Å². The largest absolute Gasteiger partial charge is 1.00 e. The maximum Gasteiger partial charge on any atom is 1.00 e. The van der Waals surface area contributed by atoms with Gasteiger partial charge in [-0.05, 0) is 6.92 Å². The zero-order chi connectivity index (χ0) is 26.3.